The molecule has 2 aromatic rings. The van der Waals surface area contributed by atoms with Gasteiger partial charge in [-0.2, -0.15) is 0 Å². The number of rotatable bonds is 2. The third-order valence-corrected chi connectivity index (χ3v) is 3.48. The van der Waals surface area contributed by atoms with Crippen molar-refractivity contribution in [2.45, 2.75) is 0 Å². The van der Waals surface area contributed by atoms with Crippen LogP contribution in [-0.2, 0) is 4.74 Å². The highest BCUT2D eigenvalue weighted by Gasteiger charge is 2.17. The van der Waals surface area contributed by atoms with Gasteiger partial charge in [0.15, 0.2) is 5.69 Å². The Morgan fingerprint density at radius 1 is 1.44 bits per heavy atom. The van der Waals surface area contributed by atoms with E-state index >= 15 is 0 Å². The molecule has 0 radical (unpaired) electrons. The lowest BCUT2D eigenvalue weighted by Crippen LogP contribution is -2.07. The maximum absolute atomic E-state index is 11.4. The highest BCUT2D eigenvalue weighted by atomic mass is 79.9. The predicted octanol–water partition coefficient (Wildman–Crippen LogP) is 2.77. The first-order valence-electron chi connectivity index (χ1n) is 4.91. The lowest BCUT2D eigenvalue weighted by atomic mass is 10.3. The minimum Gasteiger partial charge on any atom is -0.464 e. The number of ether oxygens (including phenoxy) is 1. The average molecular weight is 375 g/mol. The first-order chi connectivity index (χ1) is 8.54. The molecule has 18 heavy (non-hydrogen) atoms. The van der Waals surface area contributed by atoms with Gasteiger partial charge in [-0.05, 0) is 34.1 Å². The lowest BCUT2D eigenvalue weighted by Gasteiger charge is -2.08. The molecule has 7 heteroatoms. The summed E-state index contributed by atoms with van der Waals surface area (Å²) in [5.74, 6) is -0.315. The van der Waals surface area contributed by atoms with Crippen molar-refractivity contribution in [3.05, 3.63) is 39.2 Å². The van der Waals surface area contributed by atoms with E-state index in [1.54, 1.807) is 4.57 Å². The molecule has 0 amide bonds. The molecule has 94 valence electrons. The SMILES string of the molecule is COC(=O)c1ncn(-c2ccc(Br)cc2Br)c1N. The zero-order valence-electron chi connectivity index (χ0n) is 9.35. The van der Waals surface area contributed by atoms with Crippen LogP contribution in [0.5, 0.6) is 0 Å². The molecule has 0 aliphatic rings. The highest BCUT2D eigenvalue weighted by Crippen LogP contribution is 2.27. The summed E-state index contributed by atoms with van der Waals surface area (Å²) < 4.78 is 7.98. The number of carbonyl (C=O) groups excluding carboxylic acids is 1. The normalized spacial score (nSPS) is 10.4. The molecule has 0 bridgehead atoms. The van der Waals surface area contributed by atoms with Gasteiger partial charge in [-0.25, -0.2) is 9.78 Å². The third-order valence-electron chi connectivity index (χ3n) is 2.35. The Bertz CT molecular complexity index is 610. The summed E-state index contributed by atoms with van der Waals surface area (Å²) in [6, 6.07) is 5.61. The standard InChI is InChI=1S/C11H9Br2N3O2/c1-18-11(17)9-10(14)16(5-15-9)8-3-2-6(12)4-7(8)13/h2-5H,14H2,1H3. The van der Waals surface area contributed by atoms with Crippen LogP contribution in [0.1, 0.15) is 10.5 Å². The van der Waals surface area contributed by atoms with E-state index in [2.05, 4.69) is 41.6 Å². The second kappa shape index (κ2) is 5.11. The molecule has 1 aromatic carbocycles. The van der Waals surface area contributed by atoms with Crippen molar-refractivity contribution >= 4 is 43.6 Å². The van der Waals surface area contributed by atoms with Crippen LogP contribution in [0, 0.1) is 0 Å². The molecule has 0 atom stereocenters. The van der Waals surface area contributed by atoms with Crippen LogP contribution in [0.3, 0.4) is 0 Å². The second-order valence-corrected chi connectivity index (χ2v) is 5.21. The average Bonchev–Trinajstić information content (AvgIpc) is 2.70. The number of imidazole rings is 1. The first-order valence-corrected chi connectivity index (χ1v) is 6.49. The number of hydrogen-bond acceptors (Lipinski definition) is 4. The lowest BCUT2D eigenvalue weighted by molar-refractivity contribution is 0.0596. The number of methoxy groups -OCH3 is 1. The molecule has 5 nitrogen and oxygen atoms in total. The summed E-state index contributed by atoms with van der Waals surface area (Å²) in [4.78, 5) is 15.4. The zero-order chi connectivity index (χ0) is 13.3. The van der Waals surface area contributed by atoms with E-state index in [0.29, 0.717) is 0 Å². The Morgan fingerprint density at radius 2 is 2.17 bits per heavy atom. The smallest absolute Gasteiger partial charge is 0.360 e. The third kappa shape index (κ3) is 2.28. The number of aromatic nitrogens is 2. The number of anilines is 1. The largest absolute Gasteiger partial charge is 0.464 e. The molecular weight excluding hydrogens is 366 g/mol. The molecule has 0 aliphatic carbocycles. The van der Waals surface area contributed by atoms with Gasteiger partial charge in [-0.1, -0.05) is 15.9 Å². The number of esters is 1. The monoisotopic (exact) mass is 373 g/mol. The molecule has 1 aromatic heterocycles. The van der Waals surface area contributed by atoms with Crippen molar-refractivity contribution in [2.24, 2.45) is 0 Å². The molecule has 0 fully saturated rings. The second-order valence-electron chi connectivity index (χ2n) is 3.44. The molecule has 0 spiro atoms. The van der Waals surface area contributed by atoms with Crippen LogP contribution in [0.2, 0.25) is 0 Å². The van der Waals surface area contributed by atoms with Gasteiger partial charge < -0.3 is 10.5 Å². The van der Waals surface area contributed by atoms with Gasteiger partial charge in [-0.15, -0.1) is 0 Å². The van der Waals surface area contributed by atoms with Crippen molar-refractivity contribution < 1.29 is 9.53 Å². The number of nitrogen functional groups attached to an aromatic ring is 1. The van der Waals surface area contributed by atoms with Crippen LogP contribution in [0.4, 0.5) is 5.82 Å². The van der Waals surface area contributed by atoms with Gasteiger partial charge >= 0.3 is 5.97 Å². The summed E-state index contributed by atoms with van der Waals surface area (Å²) in [6.07, 6.45) is 1.48. The van der Waals surface area contributed by atoms with Crippen LogP contribution < -0.4 is 5.73 Å². The van der Waals surface area contributed by atoms with E-state index in [1.807, 2.05) is 18.2 Å². The molecule has 2 rings (SSSR count). The van der Waals surface area contributed by atoms with Crippen LogP contribution >= 0.6 is 31.9 Å². The summed E-state index contributed by atoms with van der Waals surface area (Å²) in [6.45, 7) is 0. The van der Waals surface area contributed by atoms with Crippen molar-refractivity contribution in [1.29, 1.82) is 0 Å². The van der Waals surface area contributed by atoms with Crippen LogP contribution in [0.25, 0.3) is 5.69 Å². The topological polar surface area (TPSA) is 70.1 Å². The molecular formula is C11H9Br2N3O2. The number of nitrogens with two attached hydrogens (primary N) is 1. The van der Waals surface area contributed by atoms with Crippen LogP contribution in [-0.4, -0.2) is 22.6 Å². The first kappa shape index (κ1) is 13.1. The van der Waals surface area contributed by atoms with Gasteiger partial charge in [0.25, 0.3) is 0 Å². The van der Waals surface area contributed by atoms with Crippen molar-refractivity contribution in [3.8, 4) is 5.69 Å². The Labute approximate surface area is 120 Å². The van der Waals surface area contributed by atoms with Crippen molar-refractivity contribution in [2.75, 3.05) is 12.8 Å². The van der Waals surface area contributed by atoms with Gasteiger partial charge in [0, 0.05) is 8.95 Å². The van der Waals surface area contributed by atoms with E-state index in [1.165, 1.54) is 13.4 Å². The van der Waals surface area contributed by atoms with E-state index in [-0.39, 0.29) is 11.5 Å². The Balaban J connectivity index is 2.52. The number of carbonyl (C=O) groups is 1. The van der Waals surface area contributed by atoms with E-state index in [9.17, 15) is 4.79 Å². The maximum atomic E-state index is 11.4. The molecule has 0 saturated heterocycles. The quantitative estimate of drug-likeness (QED) is 0.820. The summed E-state index contributed by atoms with van der Waals surface area (Å²) >= 11 is 6.80. The molecule has 0 aliphatic heterocycles. The molecule has 0 saturated carbocycles. The van der Waals surface area contributed by atoms with Gasteiger partial charge in [0.1, 0.15) is 12.1 Å². The summed E-state index contributed by atoms with van der Waals surface area (Å²) in [7, 11) is 1.29. The van der Waals surface area contributed by atoms with Gasteiger partial charge in [0.2, 0.25) is 0 Å². The number of nitrogens with zero attached hydrogens (tertiary/aromatic N) is 2. The zero-order valence-corrected chi connectivity index (χ0v) is 12.5. The Morgan fingerprint density at radius 3 is 2.78 bits per heavy atom. The van der Waals surface area contributed by atoms with Crippen molar-refractivity contribution in [3.63, 3.8) is 0 Å². The predicted molar refractivity (Wildman–Crippen MR) is 74.7 cm³/mol. The fraction of sp³-hybridized carbons (Fsp3) is 0.0909. The summed E-state index contributed by atoms with van der Waals surface area (Å²) in [5, 5.41) is 0. The minimum absolute atomic E-state index is 0.104. The van der Waals surface area contributed by atoms with E-state index in [0.717, 1.165) is 14.6 Å². The molecule has 2 N–H and O–H groups in total. The minimum atomic E-state index is -0.556. The van der Waals surface area contributed by atoms with Gasteiger partial charge in [0.05, 0.1) is 12.8 Å². The fourth-order valence-corrected chi connectivity index (χ4v) is 2.72. The fourth-order valence-electron chi connectivity index (χ4n) is 1.48. The number of hydrogen-bond donors (Lipinski definition) is 1. The summed E-state index contributed by atoms with van der Waals surface area (Å²) in [5.41, 5.74) is 6.78. The van der Waals surface area contributed by atoms with E-state index < -0.39 is 5.97 Å². The number of halogens is 2. The van der Waals surface area contributed by atoms with E-state index in [4.69, 9.17) is 5.73 Å². The Kier molecular flexibility index (Phi) is 3.72. The maximum Gasteiger partial charge on any atom is 0.360 e. The van der Waals surface area contributed by atoms with Crippen molar-refractivity contribution in [1.82, 2.24) is 9.55 Å². The van der Waals surface area contributed by atoms with Crippen LogP contribution in [0.15, 0.2) is 33.5 Å². The molecule has 1 heterocycles. The highest BCUT2D eigenvalue weighted by molar-refractivity contribution is 9.11. The molecule has 0 unspecified atom stereocenters. The number of benzene rings is 1. The Hall–Kier alpha value is -1.34. The van der Waals surface area contributed by atoms with Gasteiger partial charge in [-0.3, -0.25) is 4.57 Å².